The molecule has 5 heteroatoms. The summed E-state index contributed by atoms with van der Waals surface area (Å²) in [6.45, 7) is 6.92. The van der Waals surface area contributed by atoms with Gasteiger partial charge in [0.2, 0.25) is 0 Å². The van der Waals surface area contributed by atoms with E-state index in [0.29, 0.717) is 13.2 Å². The number of nitrogens with zero attached hydrogens (tertiary/aromatic N) is 1. The molecular formula is C18H23BrN2O2. The Balaban J connectivity index is 2.04. The Hall–Kier alpha value is -1.59. The summed E-state index contributed by atoms with van der Waals surface area (Å²) in [5, 5.41) is 3.44. The number of ether oxygens (including phenoxy) is 2. The highest BCUT2D eigenvalue weighted by Crippen LogP contribution is 2.34. The van der Waals surface area contributed by atoms with E-state index in [-0.39, 0.29) is 0 Å². The molecule has 0 spiro atoms. The second-order valence-corrected chi connectivity index (χ2v) is 5.99. The van der Waals surface area contributed by atoms with Crippen LogP contribution in [0.5, 0.6) is 11.5 Å². The van der Waals surface area contributed by atoms with Crippen molar-refractivity contribution in [3.8, 4) is 11.5 Å². The average molecular weight is 379 g/mol. The Labute approximate surface area is 146 Å². The van der Waals surface area contributed by atoms with Gasteiger partial charge in [-0.1, -0.05) is 22.9 Å². The first kappa shape index (κ1) is 17.8. The van der Waals surface area contributed by atoms with Crippen LogP contribution in [-0.4, -0.2) is 18.2 Å². The maximum absolute atomic E-state index is 5.77. The van der Waals surface area contributed by atoms with E-state index in [1.165, 1.54) is 5.56 Å². The van der Waals surface area contributed by atoms with E-state index >= 15 is 0 Å². The molecule has 1 aromatic carbocycles. The van der Waals surface area contributed by atoms with Gasteiger partial charge in [0, 0.05) is 30.0 Å². The van der Waals surface area contributed by atoms with Crippen molar-refractivity contribution < 1.29 is 9.47 Å². The van der Waals surface area contributed by atoms with E-state index in [0.717, 1.165) is 41.0 Å². The number of hydrogen-bond acceptors (Lipinski definition) is 4. The molecule has 0 aliphatic rings. The van der Waals surface area contributed by atoms with Gasteiger partial charge in [-0.15, -0.1) is 0 Å². The number of rotatable bonds is 9. The third-order valence-corrected chi connectivity index (χ3v) is 4.01. The molecule has 124 valence electrons. The first-order valence-corrected chi connectivity index (χ1v) is 8.71. The highest BCUT2D eigenvalue weighted by molar-refractivity contribution is 9.10. The molecule has 2 rings (SSSR count). The number of pyridine rings is 1. The Morgan fingerprint density at radius 1 is 1.04 bits per heavy atom. The van der Waals surface area contributed by atoms with E-state index in [4.69, 9.17) is 9.47 Å². The third kappa shape index (κ3) is 5.52. The first-order valence-electron chi connectivity index (χ1n) is 7.92. The maximum atomic E-state index is 5.77. The predicted molar refractivity (Wildman–Crippen MR) is 95.9 cm³/mol. The van der Waals surface area contributed by atoms with Gasteiger partial charge in [0.05, 0.1) is 13.2 Å². The minimum atomic E-state index is 0.619. The second kappa shape index (κ2) is 9.53. The average Bonchev–Trinajstić information content (AvgIpc) is 2.57. The molecule has 0 radical (unpaired) electrons. The predicted octanol–water partition coefficient (Wildman–Crippen LogP) is 4.32. The number of benzene rings is 1. The highest BCUT2D eigenvalue weighted by atomic mass is 79.9. The molecule has 1 aromatic heterocycles. The van der Waals surface area contributed by atoms with Gasteiger partial charge in [-0.2, -0.15) is 0 Å². The SMILES string of the molecule is CCCOc1cc(Br)c(CNCc2ccncc2)cc1OCC. The van der Waals surface area contributed by atoms with Crippen molar-refractivity contribution in [3.63, 3.8) is 0 Å². The van der Waals surface area contributed by atoms with E-state index < -0.39 is 0 Å². The zero-order valence-electron chi connectivity index (χ0n) is 13.6. The molecular weight excluding hydrogens is 356 g/mol. The van der Waals surface area contributed by atoms with E-state index in [9.17, 15) is 0 Å². The molecule has 0 unspecified atom stereocenters. The summed E-state index contributed by atoms with van der Waals surface area (Å²) in [7, 11) is 0. The van der Waals surface area contributed by atoms with Crippen LogP contribution >= 0.6 is 15.9 Å². The van der Waals surface area contributed by atoms with Gasteiger partial charge in [-0.05, 0) is 48.7 Å². The lowest BCUT2D eigenvalue weighted by atomic mass is 10.2. The largest absolute Gasteiger partial charge is 0.490 e. The van der Waals surface area contributed by atoms with Gasteiger partial charge in [-0.3, -0.25) is 4.98 Å². The number of nitrogens with one attached hydrogen (secondary N) is 1. The normalized spacial score (nSPS) is 10.6. The third-order valence-electron chi connectivity index (χ3n) is 3.27. The molecule has 0 saturated heterocycles. The van der Waals surface area contributed by atoms with Crippen LogP contribution in [0, 0.1) is 0 Å². The smallest absolute Gasteiger partial charge is 0.162 e. The van der Waals surface area contributed by atoms with Crippen LogP contribution in [-0.2, 0) is 13.1 Å². The fraction of sp³-hybridized carbons (Fsp3) is 0.389. The summed E-state index contributed by atoms with van der Waals surface area (Å²) in [5.41, 5.74) is 2.36. The zero-order valence-corrected chi connectivity index (χ0v) is 15.2. The minimum absolute atomic E-state index is 0.619. The maximum Gasteiger partial charge on any atom is 0.162 e. The summed E-state index contributed by atoms with van der Waals surface area (Å²) in [6.07, 6.45) is 4.58. The Morgan fingerprint density at radius 2 is 1.78 bits per heavy atom. The highest BCUT2D eigenvalue weighted by Gasteiger charge is 2.10. The summed E-state index contributed by atoms with van der Waals surface area (Å²) in [6, 6.07) is 8.05. The van der Waals surface area contributed by atoms with Gasteiger partial charge in [0.1, 0.15) is 0 Å². The number of aromatic nitrogens is 1. The molecule has 4 nitrogen and oxygen atoms in total. The molecule has 0 saturated carbocycles. The van der Waals surface area contributed by atoms with Gasteiger partial charge in [0.15, 0.2) is 11.5 Å². The molecule has 23 heavy (non-hydrogen) atoms. The van der Waals surface area contributed by atoms with Crippen molar-refractivity contribution in [2.24, 2.45) is 0 Å². The van der Waals surface area contributed by atoms with Gasteiger partial charge in [0.25, 0.3) is 0 Å². The Bertz CT molecular complexity index is 605. The molecule has 0 bridgehead atoms. The van der Waals surface area contributed by atoms with Crippen LogP contribution in [0.2, 0.25) is 0 Å². The standard InChI is InChI=1S/C18H23BrN2O2/c1-3-9-23-18-11-16(19)15(10-17(18)22-4-2)13-21-12-14-5-7-20-8-6-14/h5-8,10-11,21H,3-4,9,12-13H2,1-2H3. The van der Waals surface area contributed by atoms with Crippen LogP contribution < -0.4 is 14.8 Å². The summed E-state index contributed by atoms with van der Waals surface area (Å²) < 4.78 is 12.5. The first-order chi connectivity index (χ1) is 11.2. The lowest BCUT2D eigenvalue weighted by Crippen LogP contribution is -2.13. The zero-order chi connectivity index (χ0) is 16.5. The summed E-state index contributed by atoms with van der Waals surface area (Å²) in [4.78, 5) is 4.03. The van der Waals surface area contributed by atoms with E-state index in [2.05, 4.69) is 33.2 Å². The molecule has 2 aromatic rings. The number of halogens is 1. The molecule has 1 heterocycles. The van der Waals surface area contributed by atoms with Gasteiger partial charge >= 0.3 is 0 Å². The number of hydrogen-bond donors (Lipinski definition) is 1. The molecule has 1 N–H and O–H groups in total. The van der Waals surface area contributed by atoms with Gasteiger partial charge < -0.3 is 14.8 Å². The summed E-state index contributed by atoms with van der Waals surface area (Å²) in [5.74, 6) is 1.59. The lowest BCUT2D eigenvalue weighted by molar-refractivity contribution is 0.276. The monoisotopic (exact) mass is 378 g/mol. The lowest BCUT2D eigenvalue weighted by Gasteiger charge is -2.15. The van der Waals surface area contributed by atoms with Crippen molar-refractivity contribution in [1.29, 1.82) is 0 Å². The van der Waals surface area contributed by atoms with Crippen LogP contribution in [0.15, 0.2) is 41.1 Å². The molecule has 0 aliphatic heterocycles. The van der Waals surface area contributed by atoms with Crippen molar-refractivity contribution in [2.45, 2.75) is 33.4 Å². The minimum Gasteiger partial charge on any atom is -0.490 e. The van der Waals surface area contributed by atoms with Crippen LogP contribution in [0.25, 0.3) is 0 Å². The van der Waals surface area contributed by atoms with E-state index in [1.54, 1.807) is 12.4 Å². The quantitative estimate of drug-likeness (QED) is 0.705. The van der Waals surface area contributed by atoms with E-state index in [1.807, 2.05) is 31.2 Å². The van der Waals surface area contributed by atoms with Crippen LogP contribution in [0.3, 0.4) is 0 Å². The summed E-state index contributed by atoms with van der Waals surface area (Å²) >= 11 is 3.63. The van der Waals surface area contributed by atoms with Crippen molar-refractivity contribution >= 4 is 15.9 Å². The Kier molecular flexibility index (Phi) is 7.36. The van der Waals surface area contributed by atoms with Crippen LogP contribution in [0.1, 0.15) is 31.4 Å². The van der Waals surface area contributed by atoms with Gasteiger partial charge in [-0.25, -0.2) is 0 Å². The van der Waals surface area contributed by atoms with Crippen molar-refractivity contribution in [1.82, 2.24) is 10.3 Å². The van der Waals surface area contributed by atoms with Crippen molar-refractivity contribution in [2.75, 3.05) is 13.2 Å². The molecule has 0 amide bonds. The Morgan fingerprint density at radius 3 is 2.48 bits per heavy atom. The topological polar surface area (TPSA) is 43.4 Å². The molecule has 0 fully saturated rings. The van der Waals surface area contributed by atoms with Crippen LogP contribution in [0.4, 0.5) is 0 Å². The molecule has 0 aliphatic carbocycles. The molecule has 0 atom stereocenters. The van der Waals surface area contributed by atoms with Crippen molar-refractivity contribution in [3.05, 3.63) is 52.3 Å². The fourth-order valence-corrected chi connectivity index (χ4v) is 2.61. The fourth-order valence-electron chi connectivity index (χ4n) is 2.15. The second-order valence-electron chi connectivity index (χ2n) is 5.13.